The molecule has 1 aliphatic rings. The number of piperazine rings is 1. The molecule has 1 aliphatic heterocycles. The summed E-state index contributed by atoms with van der Waals surface area (Å²) in [5.74, 6) is 2.43. The fourth-order valence-corrected chi connectivity index (χ4v) is 3.71. The molecule has 0 unspecified atom stereocenters. The fourth-order valence-electron chi connectivity index (χ4n) is 3.54. The molecule has 2 amide bonds. The lowest BCUT2D eigenvalue weighted by Gasteiger charge is -2.40. The van der Waals surface area contributed by atoms with Gasteiger partial charge in [0.15, 0.2) is 0 Å². The van der Waals surface area contributed by atoms with Crippen molar-refractivity contribution in [1.29, 1.82) is 0 Å². The van der Waals surface area contributed by atoms with E-state index in [1.807, 2.05) is 48.2 Å². The lowest BCUT2D eigenvalue weighted by molar-refractivity contribution is 0.184. The average molecular weight is 454 g/mol. The van der Waals surface area contributed by atoms with Gasteiger partial charge >= 0.3 is 6.03 Å². The highest BCUT2D eigenvalue weighted by Gasteiger charge is 2.28. The molecular weight excluding hydrogens is 430 g/mol. The Morgan fingerprint density at radius 1 is 1.12 bits per heavy atom. The Morgan fingerprint density at radius 3 is 2.62 bits per heavy atom. The molecule has 8 nitrogen and oxygen atoms in total. The first-order chi connectivity index (χ1) is 15.5. The number of amides is 2. The van der Waals surface area contributed by atoms with Crippen molar-refractivity contribution in [3.05, 3.63) is 65.9 Å². The maximum Gasteiger partial charge on any atom is 0.322 e. The predicted molar refractivity (Wildman–Crippen MR) is 124 cm³/mol. The van der Waals surface area contributed by atoms with E-state index < -0.39 is 0 Å². The normalized spacial score (nSPS) is 15.9. The third kappa shape index (κ3) is 5.03. The SMILES string of the molecule is COc1ccc(NC(=O)N2CCN(c3cc(Oc4ccccc4Cl)ncn3)C[C@H]2C)cc1. The highest BCUT2D eigenvalue weighted by molar-refractivity contribution is 6.32. The smallest absolute Gasteiger partial charge is 0.322 e. The minimum Gasteiger partial charge on any atom is -0.497 e. The molecule has 1 atom stereocenters. The molecular formula is C23H24ClN5O3. The quantitative estimate of drug-likeness (QED) is 0.604. The summed E-state index contributed by atoms with van der Waals surface area (Å²) in [5.41, 5.74) is 0.725. The van der Waals surface area contributed by atoms with E-state index in [1.165, 1.54) is 6.33 Å². The number of aromatic nitrogens is 2. The van der Waals surface area contributed by atoms with E-state index in [0.29, 0.717) is 36.3 Å². The van der Waals surface area contributed by atoms with Gasteiger partial charge in [0, 0.05) is 37.4 Å². The fraction of sp³-hybridized carbons (Fsp3) is 0.261. The van der Waals surface area contributed by atoms with Crippen molar-refractivity contribution in [1.82, 2.24) is 14.9 Å². The van der Waals surface area contributed by atoms with Crippen LogP contribution in [0.1, 0.15) is 6.92 Å². The number of hydrogen-bond donors (Lipinski definition) is 1. The number of anilines is 2. The molecule has 166 valence electrons. The van der Waals surface area contributed by atoms with Crippen LogP contribution in [-0.4, -0.2) is 53.7 Å². The van der Waals surface area contributed by atoms with Crippen LogP contribution >= 0.6 is 11.6 Å². The topological polar surface area (TPSA) is 79.8 Å². The molecule has 0 radical (unpaired) electrons. The van der Waals surface area contributed by atoms with Gasteiger partial charge in [-0.3, -0.25) is 0 Å². The summed E-state index contributed by atoms with van der Waals surface area (Å²) in [5, 5.41) is 3.46. The number of carbonyl (C=O) groups is 1. The zero-order chi connectivity index (χ0) is 22.5. The van der Waals surface area contributed by atoms with Crippen LogP contribution in [0, 0.1) is 0 Å². The van der Waals surface area contributed by atoms with E-state index in [9.17, 15) is 4.79 Å². The number of hydrogen-bond acceptors (Lipinski definition) is 6. The second-order valence-electron chi connectivity index (χ2n) is 7.39. The monoisotopic (exact) mass is 453 g/mol. The summed E-state index contributed by atoms with van der Waals surface area (Å²) in [6.45, 7) is 3.86. The molecule has 1 fully saturated rings. The lowest BCUT2D eigenvalue weighted by Crippen LogP contribution is -2.55. The van der Waals surface area contributed by atoms with Gasteiger partial charge in [0.25, 0.3) is 0 Å². The Labute approximate surface area is 191 Å². The van der Waals surface area contributed by atoms with Gasteiger partial charge in [0.05, 0.1) is 12.1 Å². The van der Waals surface area contributed by atoms with Gasteiger partial charge in [0.2, 0.25) is 5.88 Å². The number of methoxy groups -OCH3 is 1. The van der Waals surface area contributed by atoms with Crippen LogP contribution in [0.5, 0.6) is 17.4 Å². The minimum absolute atomic E-state index is 0.00935. The van der Waals surface area contributed by atoms with Gasteiger partial charge in [0.1, 0.15) is 23.6 Å². The maximum absolute atomic E-state index is 12.8. The minimum atomic E-state index is -0.132. The number of ether oxygens (including phenoxy) is 2. The van der Waals surface area contributed by atoms with Gasteiger partial charge in [-0.25, -0.2) is 14.8 Å². The number of nitrogens with one attached hydrogen (secondary N) is 1. The van der Waals surface area contributed by atoms with Crippen LogP contribution < -0.4 is 19.7 Å². The third-order valence-electron chi connectivity index (χ3n) is 5.23. The molecule has 0 saturated carbocycles. The van der Waals surface area contributed by atoms with Crippen molar-refractivity contribution < 1.29 is 14.3 Å². The number of nitrogens with zero attached hydrogens (tertiary/aromatic N) is 4. The van der Waals surface area contributed by atoms with E-state index in [4.69, 9.17) is 21.1 Å². The second-order valence-corrected chi connectivity index (χ2v) is 7.80. The van der Waals surface area contributed by atoms with Crippen LogP contribution in [0.15, 0.2) is 60.9 Å². The average Bonchev–Trinajstić information content (AvgIpc) is 2.81. The first-order valence-electron chi connectivity index (χ1n) is 10.2. The summed E-state index contributed by atoms with van der Waals surface area (Å²) in [6, 6.07) is 16.1. The Kier molecular flexibility index (Phi) is 6.61. The molecule has 1 aromatic heterocycles. The zero-order valence-corrected chi connectivity index (χ0v) is 18.6. The maximum atomic E-state index is 12.8. The number of rotatable bonds is 5. The Morgan fingerprint density at radius 2 is 1.91 bits per heavy atom. The van der Waals surface area contributed by atoms with Crippen molar-refractivity contribution in [2.75, 3.05) is 37.0 Å². The number of halogens is 1. The highest BCUT2D eigenvalue weighted by Crippen LogP contribution is 2.29. The van der Waals surface area contributed by atoms with Crippen molar-refractivity contribution in [3.8, 4) is 17.4 Å². The second kappa shape index (κ2) is 9.74. The first kappa shape index (κ1) is 21.7. The Balaban J connectivity index is 1.38. The van der Waals surface area contributed by atoms with E-state index in [2.05, 4.69) is 20.2 Å². The van der Waals surface area contributed by atoms with Crippen LogP contribution in [0.3, 0.4) is 0 Å². The van der Waals surface area contributed by atoms with Gasteiger partial charge < -0.3 is 24.6 Å². The van der Waals surface area contributed by atoms with Crippen LogP contribution in [-0.2, 0) is 0 Å². The van der Waals surface area contributed by atoms with Crippen molar-refractivity contribution in [3.63, 3.8) is 0 Å². The summed E-state index contributed by atoms with van der Waals surface area (Å²) in [4.78, 5) is 25.3. The number of carbonyl (C=O) groups excluding carboxylic acids is 1. The summed E-state index contributed by atoms with van der Waals surface area (Å²) in [7, 11) is 1.61. The van der Waals surface area contributed by atoms with Crippen molar-refractivity contribution in [2.45, 2.75) is 13.0 Å². The Hall–Kier alpha value is -3.52. The zero-order valence-electron chi connectivity index (χ0n) is 17.9. The van der Waals surface area contributed by atoms with Crippen LogP contribution in [0.25, 0.3) is 0 Å². The van der Waals surface area contributed by atoms with Crippen LogP contribution in [0.4, 0.5) is 16.3 Å². The van der Waals surface area contributed by atoms with E-state index in [1.54, 1.807) is 25.3 Å². The summed E-state index contributed by atoms with van der Waals surface area (Å²) >= 11 is 6.17. The standard InChI is InChI=1S/C23H24ClN5O3/c1-16-14-28(11-12-29(16)23(30)27-17-7-9-18(31-2)10-8-17)21-13-22(26-15-25-21)32-20-6-4-3-5-19(20)24/h3-10,13,15-16H,11-12,14H2,1-2H3,(H,27,30)/t16-/m1/s1. The van der Waals surface area contributed by atoms with Gasteiger partial charge in [-0.15, -0.1) is 0 Å². The molecule has 4 rings (SSSR count). The predicted octanol–water partition coefficient (Wildman–Crippen LogP) is 4.67. The van der Waals surface area contributed by atoms with Crippen LogP contribution in [0.2, 0.25) is 5.02 Å². The molecule has 0 spiro atoms. The van der Waals surface area contributed by atoms with E-state index in [0.717, 1.165) is 17.3 Å². The van der Waals surface area contributed by atoms with Gasteiger partial charge in [-0.1, -0.05) is 23.7 Å². The van der Waals surface area contributed by atoms with Gasteiger partial charge in [-0.05, 0) is 43.3 Å². The molecule has 1 N–H and O–H groups in total. The Bertz CT molecular complexity index is 1080. The molecule has 0 aliphatic carbocycles. The molecule has 2 aromatic carbocycles. The molecule has 2 heterocycles. The summed E-state index contributed by atoms with van der Waals surface area (Å²) < 4.78 is 11.0. The number of urea groups is 1. The molecule has 3 aromatic rings. The number of benzene rings is 2. The molecule has 1 saturated heterocycles. The highest BCUT2D eigenvalue weighted by atomic mass is 35.5. The summed E-state index contributed by atoms with van der Waals surface area (Å²) in [6.07, 6.45) is 1.47. The lowest BCUT2D eigenvalue weighted by atomic mass is 10.2. The molecule has 32 heavy (non-hydrogen) atoms. The van der Waals surface area contributed by atoms with Crippen molar-refractivity contribution in [2.24, 2.45) is 0 Å². The van der Waals surface area contributed by atoms with E-state index in [-0.39, 0.29) is 12.1 Å². The molecule has 0 bridgehead atoms. The first-order valence-corrected chi connectivity index (χ1v) is 10.6. The largest absolute Gasteiger partial charge is 0.497 e. The van der Waals surface area contributed by atoms with Crippen molar-refractivity contribution >= 4 is 29.1 Å². The third-order valence-corrected chi connectivity index (χ3v) is 5.54. The number of para-hydroxylation sites is 1. The van der Waals surface area contributed by atoms with Gasteiger partial charge in [-0.2, -0.15) is 0 Å². The molecule has 9 heteroatoms. The van der Waals surface area contributed by atoms with E-state index >= 15 is 0 Å².